The second-order valence-corrected chi connectivity index (χ2v) is 5.12. The summed E-state index contributed by atoms with van der Waals surface area (Å²) in [5.74, 6) is 0.421. The minimum absolute atomic E-state index is 0.0369. The summed E-state index contributed by atoms with van der Waals surface area (Å²) in [4.78, 5) is 23.4. The molecule has 0 aliphatic heterocycles. The number of rotatable bonds is 6. The smallest absolute Gasteiger partial charge is 0.262 e. The Bertz CT molecular complexity index is 665. The van der Waals surface area contributed by atoms with Gasteiger partial charge in [-0.3, -0.25) is 14.7 Å². The van der Waals surface area contributed by atoms with E-state index in [-0.39, 0.29) is 24.3 Å². The fourth-order valence-electron chi connectivity index (χ4n) is 1.92. The zero-order valence-electron chi connectivity index (χ0n) is 11.8. The number of aromatic nitrogens is 2. The van der Waals surface area contributed by atoms with E-state index >= 15 is 0 Å². The second-order valence-electron chi connectivity index (χ2n) is 5.12. The number of hydrogen-bond donors (Lipinski definition) is 3. The number of benzene rings is 1. The van der Waals surface area contributed by atoms with E-state index < -0.39 is 0 Å². The van der Waals surface area contributed by atoms with Gasteiger partial charge in [0.15, 0.2) is 6.61 Å². The number of ether oxygens (including phenoxy) is 1. The van der Waals surface area contributed by atoms with Crippen molar-refractivity contribution < 1.29 is 14.3 Å². The van der Waals surface area contributed by atoms with E-state index in [1.54, 1.807) is 30.5 Å². The molecule has 0 saturated heterocycles. The molecule has 0 atom stereocenters. The maximum atomic E-state index is 11.7. The normalized spacial score (nSPS) is 13.5. The van der Waals surface area contributed by atoms with Crippen molar-refractivity contribution in [1.29, 1.82) is 0 Å². The molecular formula is C15H16N4O3. The summed E-state index contributed by atoms with van der Waals surface area (Å²) in [5.41, 5.74) is 1.25. The van der Waals surface area contributed by atoms with Gasteiger partial charge >= 0.3 is 0 Å². The molecule has 7 heteroatoms. The Morgan fingerprint density at radius 1 is 1.27 bits per heavy atom. The predicted octanol–water partition coefficient (Wildman–Crippen LogP) is 1.78. The van der Waals surface area contributed by atoms with Crippen molar-refractivity contribution in [3.8, 4) is 5.75 Å². The van der Waals surface area contributed by atoms with Crippen LogP contribution in [0.15, 0.2) is 36.7 Å². The third-order valence-corrected chi connectivity index (χ3v) is 3.20. The van der Waals surface area contributed by atoms with E-state index in [9.17, 15) is 9.59 Å². The predicted molar refractivity (Wildman–Crippen MR) is 80.5 cm³/mol. The Labute approximate surface area is 127 Å². The van der Waals surface area contributed by atoms with Gasteiger partial charge in [0.1, 0.15) is 5.75 Å². The van der Waals surface area contributed by atoms with Gasteiger partial charge in [-0.25, -0.2) is 0 Å². The Morgan fingerprint density at radius 3 is 2.86 bits per heavy atom. The van der Waals surface area contributed by atoms with Crippen molar-refractivity contribution in [2.75, 3.05) is 17.2 Å². The molecule has 0 radical (unpaired) electrons. The molecule has 1 saturated carbocycles. The van der Waals surface area contributed by atoms with Crippen molar-refractivity contribution in [2.24, 2.45) is 5.92 Å². The lowest BCUT2D eigenvalue weighted by Gasteiger charge is -2.09. The van der Waals surface area contributed by atoms with Crippen LogP contribution in [-0.4, -0.2) is 28.6 Å². The maximum Gasteiger partial charge on any atom is 0.262 e. The second kappa shape index (κ2) is 6.30. The highest BCUT2D eigenvalue weighted by molar-refractivity contribution is 5.94. The lowest BCUT2D eigenvalue weighted by molar-refractivity contribution is -0.118. The van der Waals surface area contributed by atoms with E-state index in [4.69, 9.17) is 4.74 Å². The third kappa shape index (κ3) is 3.85. The van der Waals surface area contributed by atoms with Gasteiger partial charge in [-0.05, 0) is 25.0 Å². The Morgan fingerprint density at radius 2 is 2.14 bits per heavy atom. The molecule has 3 rings (SSSR count). The van der Waals surface area contributed by atoms with Crippen molar-refractivity contribution in [3.05, 3.63) is 36.7 Å². The van der Waals surface area contributed by atoms with Gasteiger partial charge in [-0.15, -0.1) is 0 Å². The van der Waals surface area contributed by atoms with Crippen LogP contribution in [0.2, 0.25) is 0 Å². The molecule has 1 aromatic heterocycles. The number of carbonyl (C=O) groups is 2. The molecule has 0 spiro atoms. The summed E-state index contributed by atoms with van der Waals surface area (Å²) in [6, 6.07) is 6.99. The average Bonchev–Trinajstić information content (AvgIpc) is 3.25. The van der Waals surface area contributed by atoms with E-state index in [0.717, 1.165) is 12.8 Å². The van der Waals surface area contributed by atoms with Gasteiger partial charge in [0, 0.05) is 23.9 Å². The Kier molecular flexibility index (Phi) is 4.04. The fourth-order valence-corrected chi connectivity index (χ4v) is 1.92. The molecule has 1 heterocycles. The monoisotopic (exact) mass is 300 g/mol. The number of carbonyl (C=O) groups excluding carboxylic acids is 2. The number of nitrogens with one attached hydrogen (secondary N) is 3. The highest BCUT2D eigenvalue weighted by atomic mass is 16.5. The molecule has 0 unspecified atom stereocenters. The first-order valence-electron chi connectivity index (χ1n) is 7.03. The maximum absolute atomic E-state index is 11.7. The van der Waals surface area contributed by atoms with Crippen LogP contribution in [-0.2, 0) is 9.59 Å². The van der Waals surface area contributed by atoms with E-state index in [1.165, 1.54) is 6.20 Å². The standard InChI is InChI=1S/C15H16N4O3/c20-14(18-12-7-16-17-8-12)9-22-13-3-1-2-11(6-13)19-15(21)10-4-5-10/h1-3,6-8,10H,4-5,9H2,(H,16,17)(H,18,20)(H,19,21). The number of hydrogen-bond acceptors (Lipinski definition) is 4. The van der Waals surface area contributed by atoms with Crippen LogP contribution < -0.4 is 15.4 Å². The number of aromatic amines is 1. The molecule has 3 N–H and O–H groups in total. The molecule has 2 aromatic rings. The summed E-state index contributed by atoms with van der Waals surface area (Å²) >= 11 is 0. The lowest BCUT2D eigenvalue weighted by Crippen LogP contribution is -2.20. The summed E-state index contributed by atoms with van der Waals surface area (Å²) in [7, 11) is 0. The van der Waals surface area contributed by atoms with E-state index in [1.807, 2.05) is 0 Å². The quantitative estimate of drug-likeness (QED) is 0.757. The molecule has 0 bridgehead atoms. The topological polar surface area (TPSA) is 96.1 Å². The van der Waals surface area contributed by atoms with Gasteiger partial charge in [-0.1, -0.05) is 6.07 Å². The van der Waals surface area contributed by atoms with Crippen molar-refractivity contribution in [3.63, 3.8) is 0 Å². The molecule has 2 amide bonds. The first-order valence-corrected chi connectivity index (χ1v) is 7.03. The van der Waals surface area contributed by atoms with Gasteiger partial charge in [-0.2, -0.15) is 5.10 Å². The number of nitrogens with zero attached hydrogens (tertiary/aromatic N) is 1. The highest BCUT2D eigenvalue weighted by Crippen LogP contribution is 2.30. The van der Waals surface area contributed by atoms with Crippen molar-refractivity contribution >= 4 is 23.2 Å². The summed E-state index contributed by atoms with van der Waals surface area (Å²) in [5, 5.41) is 11.8. The largest absolute Gasteiger partial charge is 0.484 e. The molecule has 7 nitrogen and oxygen atoms in total. The average molecular weight is 300 g/mol. The van der Waals surface area contributed by atoms with Gasteiger partial charge in [0.05, 0.1) is 11.9 Å². The number of anilines is 2. The van der Waals surface area contributed by atoms with Crippen LogP contribution in [0.5, 0.6) is 5.75 Å². The molecule has 1 aliphatic rings. The molecule has 1 aromatic carbocycles. The molecule has 1 aliphatic carbocycles. The van der Waals surface area contributed by atoms with Gasteiger partial charge in [0.2, 0.25) is 5.91 Å². The SMILES string of the molecule is O=C(COc1cccc(NC(=O)C2CC2)c1)Nc1cn[nH]c1. The molecule has 114 valence electrons. The number of H-pyrrole nitrogens is 1. The van der Waals surface area contributed by atoms with Crippen molar-refractivity contribution in [1.82, 2.24) is 10.2 Å². The minimum atomic E-state index is -0.284. The fraction of sp³-hybridized carbons (Fsp3) is 0.267. The Balaban J connectivity index is 1.51. The highest BCUT2D eigenvalue weighted by Gasteiger charge is 2.29. The zero-order chi connectivity index (χ0) is 15.4. The zero-order valence-corrected chi connectivity index (χ0v) is 11.8. The minimum Gasteiger partial charge on any atom is -0.484 e. The lowest BCUT2D eigenvalue weighted by atomic mass is 10.3. The van der Waals surface area contributed by atoms with Gasteiger partial charge < -0.3 is 15.4 Å². The van der Waals surface area contributed by atoms with Crippen LogP contribution in [0.1, 0.15) is 12.8 Å². The van der Waals surface area contributed by atoms with Gasteiger partial charge in [0.25, 0.3) is 5.91 Å². The van der Waals surface area contributed by atoms with Crippen LogP contribution >= 0.6 is 0 Å². The van der Waals surface area contributed by atoms with E-state index in [0.29, 0.717) is 17.1 Å². The molecule has 1 fully saturated rings. The van der Waals surface area contributed by atoms with Crippen molar-refractivity contribution in [2.45, 2.75) is 12.8 Å². The first-order chi connectivity index (χ1) is 10.7. The Hall–Kier alpha value is -2.83. The van der Waals surface area contributed by atoms with Crippen LogP contribution in [0.3, 0.4) is 0 Å². The van der Waals surface area contributed by atoms with Crippen LogP contribution in [0.25, 0.3) is 0 Å². The third-order valence-electron chi connectivity index (χ3n) is 3.20. The molecular weight excluding hydrogens is 284 g/mol. The first kappa shape index (κ1) is 14.1. The van der Waals surface area contributed by atoms with Crippen LogP contribution in [0, 0.1) is 5.92 Å². The summed E-state index contributed by atoms with van der Waals surface area (Å²) in [6.45, 7) is -0.120. The molecule has 22 heavy (non-hydrogen) atoms. The number of amides is 2. The summed E-state index contributed by atoms with van der Waals surface area (Å²) in [6.07, 6.45) is 4.99. The van der Waals surface area contributed by atoms with E-state index in [2.05, 4.69) is 20.8 Å². The van der Waals surface area contributed by atoms with Crippen LogP contribution in [0.4, 0.5) is 11.4 Å². The summed E-state index contributed by atoms with van der Waals surface area (Å²) < 4.78 is 5.42.